The first-order valence-corrected chi connectivity index (χ1v) is 7.48. The molecule has 0 aliphatic heterocycles. The molecule has 0 aliphatic carbocycles. The second-order valence-electron chi connectivity index (χ2n) is 5.44. The second-order valence-corrected chi connectivity index (χ2v) is 5.44. The molecule has 0 fully saturated rings. The topological polar surface area (TPSA) is 57.5 Å². The van der Waals surface area contributed by atoms with Crippen molar-refractivity contribution in [1.82, 2.24) is 4.57 Å². The standard InChI is InChI=1S/C19H17NO4/c1-20-11-16(15-5-3-4-6-17(15)20)19(22)24-12-13-7-9-14(10-8-13)18(21)23-2/h3-11H,12H2,1-2H3. The van der Waals surface area contributed by atoms with E-state index in [4.69, 9.17) is 4.74 Å². The van der Waals surface area contributed by atoms with Crippen LogP contribution in [0.2, 0.25) is 0 Å². The molecule has 0 N–H and O–H groups in total. The van der Waals surface area contributed by atoms with Gasteiger partial charge in [-0.2, -0.15) is 0 Å². The first-order chi connectivity index (χ1) is 11.6. The summed E-state index contributed by atoms with van der Waals surface area (Å²) in [6.07, 6.45) is 1.77. The summed E-state index contributed by atoms with van der Waals surface area (Å²) in [5.41, 5.74) is 2.78. The van der Waals surface area contributed by atoms with E-state index in [0.29, 0.717) is 11.1 Å². The number of methoxy groups -OCH3 is 1. The number of hydrogen-bond acceptors (Lipinski definition) is 4. The molecule has 0 saturated carbocycles. The van der Waals surface area contributed by atoms with Crippen LogP contribution in [-0.4, -0.2) is 23.6 Å². The predicted molar refractivity (Wildman–Crippen MR) is 89.8 cm³/mol. The summed E-state index contributed by atoms with van der Waals surface area (Å²) >= 11 is 0. The number of fused-ring (bicyclic) bond motifs is 1. The number of nitrogens with zero attached hydrogens (tertiary/aromatic N) is 1. The molecule has 1 aromatic heterocycles. The lowest BCUT2D eigenvalue weighted by Gasteiger charge is -2.05. The zero-order chi connectivity index (χ0) is 17.1. The molecular weight excluding hydrogens is 306 g/mol. The minimum atomic E-state index is -0.394. The highest BCUT2D eigenvalue weighted by atomic mass is 16.5. The third-order valence-electron chi connectivity index (χ3n) is 3.86. The number of benzene rings is 2. The van der Waals surface area contributed by atoms with Gasteiger partial charge in [0, 0.05) is 24.1 Å². The molecule has 1 heterocycles. The van der Waals surface area contributed by atoms with Gasteiger partial charge in [0.1, 0.15) is 6.61 Å². The van der Waals surface area contributed by atoms with Crippen LogP contribution in [0.5, 0.6) is 0 Å². The molecule has 24 heavy (non-hydrogen) atoms. The number of rotatable bonds is 4. The van der Waals surface area contributed by atoms with Gasteiger partial charge in [0.2, 0.25) is 0 Å². The Morgan fingerprint density at radius 1 is 1.00 bits per heavy atom. The van der Waals surface area contributed by atoms with Gasteiger partial charge in [-0.1, -0.05) is 30.3 Å². The zero-order valence-corrected chi connectivity index (χ0v) is 13.5. The Morgan fingerprint density at radius 2 is 1.71 bits per heavy atom. The van der Waals surface area contributed by atoms with Gasteiger partial charge in [-0.15, -0.1) is 0 Å². The van der Waals surface area contributed by atoms with Crippen molar-refractivity contribution >= 4 is 22.8 Å². The van der Waals surface area contributed by atoms with Gasteiger partial charge in [0.15, 0.2) is 0 Å². The van der Waals surface area contributed by atoms with Crippen molar-refractivity contribution in [2.45, 2.75) is 6.61 Å². The normalized spacial score (nSPS) is 10.6. The molecule has 0 amide bonds. The molecular formula is C19H17NO4. The Kier molecular flexibility index (Phi) is 4.33. The molecule has 3 aromatic rings. The SMILES string of the molecule is COC(=O)c1ccc(COC(=O)c2cn(C)c3ccccc23)cc1. The van der Waals surface area contributed by atoms with Crippen LogP contribution in [-0.2, 0) is 23.1 Å². The third-order valence-corrected chi connectivity index (χ3v) is 3.86. The smallest absolute Gasteiger partial charge is 0.340 e. The van der Waals surface area contributed by atoms with E-state index in [2.05, 4.69) is 4.74 Å². The van der Waals surface area contributed by atoms with Crippen molar-refractivity contribution in [3.63, 3.8) is 0 Å². The van der Waals surface area contributed by atoms with E-state index in [1.807, 2.05) is 35.9 Å². The summed E-state index contributed by atoms with van der Waals surface area (Å²) in [6.45, 7) is 0.142. The summed E-state index contributed by atoms with van der Waals surface area (Å²) in [5.74, 6) is -0.766. The van der Waals surface area contributed by atoms with Crippen molar-refractivity contribution in [2.75, 3.05) is 7.11 Å². The van der Waals surface area contributed by atoms with Crippen LogP contribution < -0.4 is 0 Å². The molecule has 0 spiro atoms. The number of hydrogen-bond donors (Lipinski definition) is 0. The molecule has 2 aromatic carbocycles. The maximum absolute atomic E-state index is 12.4. The minimum absolute atomic E-state index is 0.142. The first-order valence-electron chi connectivity index (χ1n) is 7.48. The van der Waals surface area contributed by atoms with E-state index in [0.717, 1.165) is 16.5 Å². The Balaban J connectivity index is 1.72. The maximum atomic E-state index is 12.4. The van der Waals surface area contributed by atoms with Crippen molar-refractivity contribution in [1.29, 1.82) is 0 Å². The fourth-order valence-electron chi connectivity index (χ4n) is 2.59. The van der Waals surface area contributed by atoms with Crippen molar-refractivity contribution in [3.05, 3.63) is 71.4 Å². The minimum Gasteiger partial charge on any atom is -0.465 e. The number of carbonyl (C=O) groups excluding carboxylic acids is 2. The molecule has 5 heteroatoms. The molecule has 0 aliphatic rings. The number of aromatic nitrogens is 1. The van der Waals surface area contributed by atoms with E-state index in [-0.39, 0.29) is 12.6 Å². The summed E-state index contributed by atoms with van der Waals surface area (Å²) in [5, 5.41) is 0.867. The predicted octanol–water partition coefficient (Wildman–Crippen LogP) is 3.32. The van der Waals surface area contributed by atoms with E-state index < -0.39 is 5.97 Å². The monoisotopic (exact) mass is 323 g/mol. The van der Waals surface area contributed by atoms with Crippen LogP contribution in [0.4, 0.5) is 0 Å². The summed E-state index contributed by atoms with van der Waals surface area (Å²) in [7, 11) is 3.23. The Hall–Kier alpha value is -3.08. The second kappa shape index (κ2) is 6.58. The molecule has 0 radical (unpaired) electrons. The van der Waals surface area contributed by atoms with E-state index in [1.165, 1.54) is 7.11 Å². The highest BCUT2D eigenvalue weighted by molar-refractivity contribution is 6.04. The third kappa shape index (κ3) is 3.01. The number of esters is 2. The van der Waals surface area contributed by atoms with E-state index in [1.54, 1.807) is 30.5 Å². The quantitative estimate of drug-likeness (QED) is 0.691. The molecule has 0 atom stereocenters. The van der Waals surface area contributed by atoms with Gasteiger partial charge in [0.25, 0.3) is 0 Å². The summed E-state index contributed by atoms with van der Waals surface area (Å²) in [4.78, 5) is 23.7. The number of carbonyl (C=O) groups is 2. The molecule has 3 rings (SSSR count). The average Bonchev–Trinajstić information content (AvgIpc) is 2.97. The van der Waals surface area contributed by atoms with Crippen LogP contribution in [0, 0.1) is 0 Å². The highest BCUT2D eigenvalue weighted by Crippen LogP contribution is 2.21. The lowest BCUT2D eigenvalue weighted by molar-refractivity contribution is 0.0473. The Morgan fingerprint density at radius 3 is 2.42 bits per heavy atom. The van der Waals surface area contributed by atoms with Crippen molar-refractivity contribution in [3.8, 4) is 0 Å². The van der Waals surface area contributed by atoms with Gasteiger partial charge >= 0.3 is 11.9 Å². The maximum Gasteiger partial charge on any atom is 0.340 e. The number of aryl methyl sites for hydroxylation is 1. The van der Waals surface area contributed by atoms with Gasteiger partial charge in [-0.05, 0) is 23.8 Å². The van der Waals surface area contributed by atoms with Crippen LogP contribution in [0.15, 0.2) is 54.7 Å². The fraction of sp³-hybridized carbons (Fsp3) is 0.158. The van der Waals surface area contributed by atoms with Crippen molar-refractivity contribution in [2.24, 2.45) is 7.05 Å². The Bertz CT molecular complexity index is 893. The molecule has 0 bridgehead atoms. The summed E-state index contributed by atoms with van der Waals surface area (Å²) in [6, 6.07) is 14.4. The largest absolute Gasteiger partial charge is 0.465 e. The average molecular weight is 323 g/mol. The van der Waals surface area contributed by atoms with Gasteiger partial charge < -0.3 is 14.0 Å². The molecule has 5 nitrogen and oxygen atoms in total. The first kappa shape index (κ1) is 15.8. The van der Waals surface area contributed by atoms with E-state index in [9.17, 15) is 9.59 Å². The van der Waals surface area contributed by atoms with Crippen molar-refractivity contribution < 1.29 is 19.1 Å². The van der Waals surface area contributed by atoms with Gasteiger partial charge in [-0.25, -0.2) is 9.59 Å². The van der Waals surface area contributed by atoms with Crippen LogP contribution in [0.3, 0.4) is 0 Å². The highest BCUT2D eigenvalue weighted by Gasteiger charge is 2.15. The Labute approximate surface area is 139 Å². The lowest BCUT2D eigenvalue weighted by Crippen LogP contribution is -2.05. The molecule has 122 valence electrons. The van der Waals surface area contributed by atoms with Gasteiger partial charge in [0.05, 0.1) is 18.2 Å². The number of para-hydroxylation sites is 1. The summed E-state index contributed by atoms with van der Waals surface area (Å²) < 4.78 is 11.9. The lowest BCUT2D eigenvalue weighted by atomic mass is 10.1. The van der Waals surface area contributed by atoms with Gasteiger partial charge in [-0.3, -0.25) is 0 Å². The molecule has 0 unspecified atom stereocenters. The fourth-order valence-corrected chi connectivity index (χ4v) is 2.59. The van der Waals surface area contributed by atoms with E-state index >= 15 is 0 Å². The molecule has 0 saturated heterocycles. The number of ether oxygens (including phenoxy) is 2. The zero-order valence-electron chi connectivity index (χ0n) is 13.5. The van der Waals surface area contributed by atoms with Crippen LogP contribution in [0.25, 0.3) is 10.9 Å². The van der Waals surface area contributed by atoms with Crippen LogP contribution >= 0.6 is 0 Å². The van der Waals surface area contributed by atoms with Crippen LogP contribution in [0.1, 0.15) is 26.3 Å².